The number of fused-ring (bicyclic) bond motifs is 1. The second kappa shape index (κ2) is 4.74. The number of hydrogen-bond acceptors (Lipinski definition) is 3. The highest BCUT2D eigenvalue weighted by Gasteiger charge is 2.21. The maximum absolute atomic E-state index is 14.3. The molecule has 0 amide bonds. The van der Waals surface area contributed by atoms with Crippen LogP contribution < -0.4 is 11.3 Å². The minimum absolute atomic E-state index is 0.0120. The number of nitrogens with two attached hydrogens (primary N) is 1. The Morgan fingerprint density at radius 2 is 1.89 bits per heavy atom. The topological polar surface area (TPSA) is 50.9 Å². The van der Waals surface area contributed by atoms with Crippen molar-refractivity contribution in [2.45, 2.75) is 33.6 Å². The van der Waals surface area contributed by atoms with Crippen LogP contribution in [0.1, 0.15) is 36.6 Å². The molecule has 0 atom stereocenters. The molecule has 1 aromatic heterocycles. The van der Waals surface area contributed by atoms with Gasteiger partial charge in [0.2, 0.25) is 0 Å². The number of nitrogens with zero attached hydrogens (tertiary/aromatic N) is 1. The lowest BCUT2D eigenvalue weighted by Gasteiger charge is -2.18. The van der Waals surface area contributed by atoms with E-state index in [1.54, 1.807) is 6.92 Å². The minimum atomic E-state index is -0.538. The normalized spacial score (nSPS) is 11.4. The van der Waals surface area contributed by atoms with Crippen LogP contribution in [0.2, 0.25) is 0 Å². The zero-order valence-corrected chi connectivity index (χ0v) is 11.4. The second-order valence-electron chi connectivity index (χ2n) is 5.00. The molecular formula is C14H17F2N3. The lowest BCUT2D eigenvalue weighted by atomic mass is 9.96. The third-order valence-electron chi connectivity index (χ3n) is 3.28. The molecule has 0 saturated carbocycles. The number of aryl methyl sites for hydroxylation is 2. The number of aromatic nitrogens is 1. The molecule has 19 heavy (non-hydrogen) atoms. The Hall–Kier alpha value is -1.75. The summed E-state index contributed by atoms with van der Waals surface area (Å²) in [5.41, 5.74) is 4.63. The van der Waals surface area contributed by atoms with E-state index in [1.807, 2.05) is 13.8 Å². The Morgan fingerprint density at radius 1 is 1.26 bits per heavy atom. The predicted octanol–water partition coefficient (Wildman–Crippen LogP) is 3.54. The van der Waals surface area contributed by atoms with Gasteiger partial charge in [-0.25, -0.2) is 13.8 Å². The monoisotopic (exact) mass is 265 g/mol. The van der Waals surface area contributed by atoms with Crippen molar-refractivity contribution in [3.63, 3.8) is 0 Å². The van der Waals surface area contributed by atoms with Gasteiger partial charge in [-0.1, -0.05) is 13.8 Å². The van der Waals surface area contributed by atoms with Crippen LogP contribution in [-0.2, 0) is 0 Å². The molecule has 0 spiro atoms. The molecule has 2 aromatic rings. The van der Waals surface area contributed by atoms with Crippen LogP contribution in [0.4, 0.5) is 14.5 Å². The Balaban J connectivity index is 3.04. The van der Waals surface area contributed by atoms with Gasteiger partial charge in [0.15, 0.2) is 0 Å². The first-order chi connectivity index (χ1) is 8.88. The molecule has 3 N–H and O–H groups in total. The van der Waals surface area contributed by atoms with E-state index < -0.39 is 11.6 Å². The third-order valence-corrected chi connectivity index (χ3v) is 3.28. The first-order valence-corrected chi connectivity index (χ1v) is 6.13. The van der Waals surface area contributed by atoms with Gasteiger partial charge in [-0.15, -0.1) is 0 Å². The van der Waals surface area contributed by atoms with Crippen LogP contribution >= 0.6 is 0 Å². The molecule has 102 valence electrons. The highest BCUT2D eigenvalue weighted by Crippen LogP contribution is 2.36. The zero-order valence-electron chi connectivity index (χ0n) is 11.4. The summed E-state index contributed by atoms with van der Waals surface area (Å²) in [5.74, 6) is 4.60. The highest BCUT2D eigenvalue weighted by molar-refractivity contribution is 5.95. The van der Waals surface area contributed by atoms with Crippen LogP contribution in [0.5, 0.6) is 0 Å². The predicted molar refractivity (Wildman–Crippen MR) is 73.0 cm³/mol. The number of hydrazine groups is 1. The van der Waals surface area contributed by atoms with E-state index >= 15 is 0 Å². The molecular weight excluding hydrogens is 248 g/mol. The summed E-state index contributed by atoms with van der Waals surface area (Å²) in [6, 6.07) is 1.15. The van der Waals surface area contributed by atoms with Gasteiger partial charge in [0, 0.05) is 11.3 Å². The number of nitrogens with one attached hydrogen (secondary N) is 1. The van der Waals surface area contributed by atoms with E-state index in [1.165, 1.54) is 6.92 Å². The fourth-order valence-electron chi connectivity index (χ4n) is 2.48. The zero-order chi connectivity index (χ0) is 14.3. The Kier molecular flexibility index (Phi) is 3.41. The molecule has 0 aliphatic carbocycles. The largest absolute Gasteiger partial charge is 0.323 e. The van der Waals surface area contributed by atoms with Gasteiger partial charge in [-0.3, -0.25) is 5.84 Å². The van der Waals surface area contributed by atoms with Crippen molar-refractivity contribution in [3.05, 3.63) is 34.5 Å². The van der Waals surface area contributed by atoms with Crippen molar-refractivity contribution in [2.75, 3.05) is 5.43 Å². The van der Waals surface area contributed by atoms with Gasteiger partial charge < -0.3 is 5.43 Å². The molecule has 2 rings (SSSR count). The van der Waals surface area contributed by atoms with Crippen molar-refractivity contribution >= 4 is 16.6 Å². The average Bonchev–Trinajstić information content (AvgIpc) is 2.34. The van der Waals surface area contributed by atoms with Crippen molar-refractivity contribution < 1.29 is 8.78 Å². The fourth-order valence-corrected chi connectivity index (χ4v) is 2.48. The van der Waals surface area contributed by atoms with Crippen molar-refractivity contribution in [1.29, 1.82) is 0 Å². The minimum Gasteiger partial charge on any atom is -0.323 e. The second-order valence-corrected chi connectivity index (χ2v) is 5.00. The van der Waals surface area contributed by atoms with Gasteiger partial charge in [0.05, 0.1) is 11.1 Å². The summed E-state index contributed by atoms with van der Waals surface area (Å²) in [5, 5.41) is 0.120. The first-order valence-electron chi connectivity index (χ1n) is 6.13. The maximum atomic E-state index is 14.3. The molecule has 0 unspecified atom stereocenters. The number of pyridine rings is 1. The summed E-state index contributed by atoms with van der Waals surface area (Å²) < 4.78 is 28.3. The van der Waals surface area contributed by atoms with E-state index in [2.05, 4.69) is 10.4 Å². The quantitative estimate of drug-likeness (QED) is 0.645. The molecule has 5 heteroatoms. The van der Waals surface area contributed by atoms with Gasteiger partial charge in [0.25, 0.3) is 0 Å². The molecule has 3 nitrogen and oxygen atoms in total. The van der Waals surface area contributed by atoms with Crippen LogP contribution in [0.3, 0.4) is 0 Å². The van der Waals surface area contributed by atoms with Gasteiger partial charge in [0.1, 0.15) is 17.2 Å². The van der Waals surface area contributed by atoms with Crippen molar-refractivity contribution in [2.24, 2.45) is 5.84 Å². The molecule has 0 saturated heterocycles. The highest BCUT2D eigenvalue weighted by atomic mass is 19.1. The van der Waals surface area contributed by atoms with Gasteiger partial charge in [-0.2, -0.15) is 0 Å². The Labute approximate surface area is 110 Å². The summed E-state index contributed by atoms with van der Waals surface area (Å²) >= 11 is 0. The lowest BCUT2D eigenvalue weighted by Crippen LogP contribution is -2.14. The Morgan fingerprint density at radius 3 is 2.42 bits per heavy atom. The molecule has 0 bridgehead atoms. The van der Waals surface area contributed by atoms with Crippen LogP contribution in [0.15, 0.2) is 6.07 Å². The number of hydrogen-bond donors (Lipinski definition) is 2. The summed E-state index contributed by atoms with van der Waals surface area (Å²) in [4.78, 5) is 4.20. The van der Waals surface area contributed by atoms with E-state index in [9.17, 15) is 8.78 Å². The number of benzene rings is 1. The van der Waals surface area contributed by atoms with Crippen molar-refractivity contribution in [3.8, 4) is 0 Å². The van der Waals surface area contributed by atoms with E-state index in [0.717, 1.165) is 11.6 Å². The average molecular weight is 265 g/mol. The van der Waals surface area contributed by atoms with E-state index in [-0.39, 0.29) is 22.4 Å². The van der Waals surface area contributed by atoms with E-state index in [4.69, 9.17) is 5.84 Å². The van der Waals surface area contributed by atoms with Crippen LogP contribution in [0, 0.1) is 25.5 Å². The molecule has 0 fully saturated rings. The fraction of sp³-hybridized carbons (Fsp3) is 0.357. The maximum Gasteiger partial charge on any atom is 0.149 e. The van der Waals surface area contributed by atoms with Crippen LogP contribution in [-0.4, -0.2) is 4.98 Å². The number of anilines is 1. The first kappa shape index (κ1) is 13.7. The summed E-state index contributed by atoms with van der Waals surface area (Å²) in [6.07, 6.45) is 0. The third kappa shape index (κ3) is 2.04. The Bertz CT molecular complexity index is 651. The summed E-state index contributed by atoms with van der Waals surface area (Å²) in [6.45, 7) is 7.21. The molecule has 0 aliphatic heterocycles. The number of nitrogen functional groups attached to an aromatic ring is 1. The number of halogens is 2. The van der Waals surface area contributed by atoms with Crippen molar-refractivity contribution in [1.82, 2.24) is 4.98 Å². The number of rotatable bonds is 2. The smallest absolute Gasteiger partial charge is 0.149 e. The summed E-state index contributed by atoms with van der Waals surface area (Å²) in [7, 11) is 0. The van der Waals surface area contributed by atoms with E-state index in [0.29, 0.717) is 11.4 Å². The standard InChI is InChI=1S/C14H17F2N3/c1-6(2)10-8(4)18-13-9(15)5-7(3)12(16)11(13)14(10)19-17/h5-6H,17H2,1-4H3,(H,18,19). The molecule has 1 heterocycles. The SMILES string of the molecule is Cc1cc(F)c2nc(C)c(C(C)C)c(NN)c2c1F. The lowest BCUT2D eigenvalue weighted by molar-refractivity contribution is 0.607. The van der Waals surface area contributed by atoms with Gasteiger partial charge in [-0.05, 0) is 31.4 Å². The molecule has 0 radical (unpaired) electrons. The van der Waals surface area contributed by atoms with Crippen LogP contribution in [0.25, 0.3) is 10.9 Å². The molecule has 1 aromatic carbocycles. The van der Waals surface area contributed by atoms with Gasteiger partial charge >= 0.3 is 0 Å². The molecule has 0 aliphatic rings.